The Morgan fingerprint density at radius 2 is 2.25 bits per heavy atom. The standard InChI is InChI=1S/C9H10O2S/c1-2-5-8-6-3-4-7-9(8)12(10)11/h2-4,6-8H,1,5H2. The lowest BCUT2D eigenvalue weighted by Gasteiger charge is -2.09. The van der Waals surface area contributed by atoms with Crippen LogP contribution >= 0.6 is 0 Å². The Labute approximate surface area is 73.4 Å². The molecular weight excluding hydrogens is 172 g/mol. The zero-order valence-corrected chi connectivity index (χ0v) is 7.42. The fourth-order valence-electron chi connectivity index (χ4n) is 1.12. The Hall–Kier alpha value is -1.09. The van der Waals surface area contributed by atoms with Crippen molar-refractivity contribution in [3.05, 3.63) is 37.0 Å². The maximum Gasteiger partial charge on any atom is 0.217 e. The molecule has 1 unspecified atom stereocenters. The topological polar surface area (TPSA) is 34.1 Å². The van der Waals surface area contributed by atoms with Crippen molar-refractivity contribution in [2.24, 2.45) is 5.92 Å². The maximum absolute atomic E-state index is 10.7. The van der Waals surface area contributed by atoms with Gasteiger partial charge in [-0.05, 0) is 12.5 Å². The molecule has 0 radical (unpaired) electrons. The van der Waals surface area contributed by atoms with E-state index in [1.807, 2.05) is 12.2 Å². The summed E-state index contributed by atoms with van der Waals surface area (Å²) in [6.45, 7) is 3.58. The zero-order valence-electron chi connectivity index (χ0n) is 6.60. The van der Waals surface area contributed by atoms with Gasteiger partial charge in [0.15, 0.2) is 0 Å². The van der Waals surface area contributed by atoms with Crippen molar-refractivity contribution in [3.63, 3.8) is 0 Å². The predicted octanol–water partition coefficient (Wildman–Crippen LogP) is 1.36. The van der Waals surface area contributed by atoms with Gasteiger partial charge in [-0.2, -0.15) is 8.42 Å². The first-order valence-electron chi connectivity index (χ1n) is 3.67. The van der Waals surface area contributed by atoms with Gasteiger partial charge in [-0.15, -0.1) is 6.58 Å². The molecule has 0 heterocycles. The van der Waals surface area contributed by atoms with Crippen molar-refractivity contribution in [2.75, 3.05) is 0 Å². The van der Waals surface area contributed by atoms with Gasteiger partial charge in [-0.25, -0.2) is 0 Å². The molecule has 0 aromatic carbocycles. The van der Waals surface area contributed by atoms with Crippen LogP contribution in [-0.2, 0) is 10.3 Å². The molecule has 1 atom stereocenters. The maximum atomic E-state index is 10.7. The van der Waals surface area contributed by atoms with E-state index in [9.17, 15) is 8.42 Å². The Bertz CT molecular complexity index is 350. The summed E-state index contributed by atoms with van der Waals surface area (Å²) in [7, 11) is -2.10. The molecule has 0 aromatic heterocycles. The summed E-state index contributed by atoms with van der Waals surface area (Å²) in [6, 6.07) is 0. The van der Waals surface area contributed by atoms with E-state index in [4.69, 9.17) is 0 Å². The summed E-state index contributed by atoms with van der Waals surface area (Å²) in [4.78, 5) is 0.442. The van der Waals surface area contributed by atoms with Gasteiger partial charge in [0.05, 0.1) is 4.86 Å². The number of hydrogen-bond donors (Lipinski definition) is 0. The van der Waals surface area contributed by atoms with Crippen molar-refractivity contribution in [1.29, 1.82) is 0 Å². The third-order valence-corrected chi connectivity index (χ3v) is 2.52. The Kier molecular flexibility index (Phi) is 3.05. The third kappa shape index (κ3) is 1.95. The van der Waals surface area contributed by atoms with Gasteiger partial charge in [0.2, 0.25) is 10.3 Å². The fourth-order valence-corrected chi connectivity index (χ4v) is 1.73. The summed E-state index contributed by atoms with van der Waals surface area (Å²) in [5, 5.41) is 0. The minimum Gasteiger partial charge on any atom is -0.184 e. The second-order valence-corrected chi connectivity index (χ2v) is 3.45. The zero-order chi connectivity index (χ0) is 8.97. The molecule has 1 aliphatic carbocycles. The summed E-state index contributed by atoms with van der Waals surface area (Å²) in [6.07, 6.45) is 9.46. The average molecular weight is 182 g/mol. The van der Waals surface area contributed by atoms with Gasteiger partial charge >= 0.3 is 0 Å². The minimum absolute atomic E-state index is 0.0224. The van der Waals surface area contributed by atoms with Crippen LogP contribution in [0.3, 0.4) is 0 Å². The van der Waals surface area contributed by atoms with Crippen LogP contribution in [0.15, 0.2) is 37.0 Å². The molecular formula is C9H10O2S. The van der Waals surface area contributed by atoms with Crippen molar-refractivity contribution in [3.8, 4) is 0 Å². The van der Waals surface area contributed by atoms with Gasteiger partial charge in [-0.3, -0.25) is 0 Å². The van der Waals surface area contributed by atoms with E-state index in [-0.39, 0.29) is 5.92 Å². The normalized spacial score (nSPS) is 21.0. The lowest BCUT2D eigenvalue weighted by molar-refractivity contribution is 0.626. The number of hydrogen-bond acceptors (Lipinski definition) is 2. The molecule has 0 aromatic rings. The van der Waals surface area contributed by atoms with E-state index in [1.165, 1.54) is 0 Å². The van der Waals surface area contributed by atoms with E-state index >= 15 is 0 Å². The van der Waals surface area contributed by atoms with Crippen molar-refractivity contribution < 1.29 is 8.42 Å². The van der Waals surface area contributed by atoms with Gasteiger partial charge in [-0.1, -0.05) is 24.3 Å². The highest BCUT2D eigenvalue weighted by atomic mass is 32.2. The first-order chi connectivity index (χ1) is 5.75. The average Bonchev–Trinajstić information content (AvgIpc) is 2.05. The monoisotopic (exact) mass is 182 g/mol. The molecule has 64 valence electrons. The molecule has 0 spiro atoms. The van der Waals surface area contributed by atoms with Crippen LogP contribution < -0.4 is 0 Å². The lowest BCUT2D eigenvalue weighted by atomic mass is 9.97. The molecule has 3 heteroatoms. The van der Waals surface area contributed by atoms with Crippen LogP contribution in [0.1, 0.15) is 6.42 Å². The lowest BCUT2D eigenvalue weighted by Crippen LogP contribution is -2.11. The SMILES string of the molecule is C=CCC1C=CC=CC1=S(=O)=O. The molecule has 2 nitrogen and oxygen atoms in total. The molecule has 0 N–H and O–H groups in total. The smallest absolute Gasteiger partial charge is 0.184 e. The Morgan fingerprint density at radius 1 is 1.50 bits per heavy atom. The molecule has 1 rings (SSSR count). The molecule has 0 amide bonds. The molecule has 0 saturated carbocycles. The molecule has 0 aliphatic heterocycles. The van der Waals surface area contributed by atoms with Crippen molar-refractivity contribution in [2.45, 2.75) is 6.42 Å². The van der Waals surface area contributed by atoms with E-state index in [2.05, 4.69) is 6.58 Å². The quantitative estimate of drug-likeness (QED) is 0.477. The van der Waals surface area contributed by atoms with Gasteiger partial charge in [0, 0.05) is 5.92 Å². The fraction of sp³-hybridized carbons (Fsp3) is 0.222. The molecule has 0 bridgehead atoms. The first kappa shape index (κ1) is 9.00. The van der Waals surface area contributed by atoms with Crippen LogP contribution in [0.25, 0.3) is 0 Å². The molecule has 0 saturated heterocycles. The van der Waals surface area contributed by atoms with Gasteiger partial charge in [0.1, 0.15) is 0 Å². The van der Waals surface area contributed by atoms with E-state index in [0.717, 1.165) is 0 Å². The largest absolute Gasteiger partial charge is 0.217 e. The summed E-state index contributed by atoms with van der Waals surface area (Å²) < 4.78 is 21.4. The van der Waals surface area contributed by atoms with Gasteiger partial charge < -0.3 is 0 Å². The van der Waals surface area contributed by atoms with E-state index in [1.54, 1.807) is 18.2 Å². The van der Waals surface area contributed by atoms with Crippen molar-refractivity contribution in [1.82, 2.24) is 0 Å². The number of allylic oxidation sites excluding steroid dienone is 5. The summed E-state index contributed by atoms with van der Waals surface area (Å²) in [5.41, 5.74) is 0. The predicted molar refractivity (Wildman–Crippen MR) is 50.5 cm³/mol. The molecule has 0 fully saturated rings. The van der Waals surface area contributed by atoms with Gasteiger partial charge in [0.25, 0.3) is 0 Å². The van der Waals surface area contributed by atoms with Crippen LogP contribution in [0.5, 0.6) is 0 Å². The first-order valence-corrected chi connectivity index (χ1v) is 4.75. The van der Waals surface area contributed by atoms with Crippen molar-refractivity contribution >= 4 is 15.2 Å². The third-order valence-electron chi connectivity index (χ3n) is 1.69. The highest BCUT2D eigenvalue weighted by Gasteiger charge is 2.11. The summed E-state index contributed by atoms with van der Waals surface area (Å²) in [5.74, 6) is -0.0224. The highest BCUT2D eigenvalue weighted by molar-refractivity contribution is 7.73. The van der Waals surface area contributed by atoms with E-state index in [0.29, 0.717) is 11.3 Å². The Morgan fingerprint density at radius 3 is 2.83 bits per heavy atom. The molecule has 12 heavy (non-hydrogen) atoms. The van der Waals surface area contributed by atoms with Crippen LogP contribution in [0.4, 0.5) is 0 Å². The van der Waals surface area contributed by atoms with E-state index < -0.39 is 10.3 Å². The highest BCUT2D eigenvalue weighted by Crippen LogP contribution is 2.12. The Balaban J connectivity index is 3.01. The molecule has 1 aliphatic rings. The summed E-state index contributed by atoms with van der Waals surface area (Å²) >= 11 is 0. The second-order valence-electron chi connectivity index (χ2n) is 2.51. The number of rotatable bonds is 2. The second kappa shape index (κ2) is 4.07. The van der Waals surface area contributed by atoms with Crippen LogP contribution in [-0.4, -0.2) is 13.3 Å². The van der Waals surface area contributed by atoms with Crippen LogP contribution in [0.2, 0.25) is 0 Å². The van der Waals surface area contributed by atoms with Crippen LogP contribution in [0, 0.1) is 5.92 Å². The minimum atomic E-state index is -2.10.